The van der Waals surface area contributed by atoms with E-state index in [1.807, 2.05) is 6.07 Å². The van der Waals surface area contributed by atoms with Gasteiger partial charge in [-0.15, -0.1) is 0 Å². The summed E-state index contributed by atoms with van der Waals surface area (Å²) in [6.45, 7) is 0.659. The van der Waals surface area contributed by atoms with Gasteiger partial charge in [-0.1, -0.05) is 36.8 Å². The Kier molecular flexibility index (Phi) is 3.46. The molecule has 0 radical (unpaired) electrons. The number of benzene rings is 1. The summed E-state index contributed by atoms with van der Waals surface area (Å²) in [5, 5.41) is 3.00. The first-order valence-corrected chi connectivity index (χ1v) is 6.90. The molecule has 1 amide bonds. The second-order valence-corrected chi connectivity index (χ2v) is 5.27. The highest BCUT2D eigenvalue weighted by atomic mass is 16.1. The summed E-state index contributed by atoms with van der Waals surface area (Å²) >= 11 is 0. The summed E-state index contributed by atoms with van der Waals surface area (Å²) in [4.78, 5) is 20.0. The molecule has 1 heterocycles. The quantitative estimate of drug-likeness (QED) is 0.925. The highest BCUT2D eigenvalue weighted by Crippen LogP contribution is 2.43. The lowest BCUT2D eigenvalue weighted by Crippen LogP contribution is -2.45. The number of nitrogens with zero attached hydrogens (tertiary/aromatic N) is 2. The maximum atomic E-state index is 12.0. The fraction of sp³-hybridized carbons (Fsp3) is 0.312. The predicted octanol–water partition coefficient (Wildman–Crippen LogP) is 2.33. The van der Waals surface area contributed by atoms with Crippen LogP contribution in [0, 0.1) is 0 Å². The van der Waals surface area contributed by atoms with Crippen molar-refractivity contribution in [2.75, 3.05) is 6.54 Å². The van der Waals surface area contributed by atoms with Crippen LogP contribution in [0.4, 0.5) is 0 Å². The average molecular weight is 267 g/mol. The Labute approximate surface area is 118 Å². The number of carbonyl (C=O) groups excluding carboxylic acids is 1. The summed E-state index contributed by atoms with van der Waals surface area (Å²) in [6.07, 6.45) is 8.05. The van der Waals surface area contributed by atoms with Crippen LogP contribution in [-0.2, 0) is 5.41 Å². The normalized spacial score (nSPS) is 16.2. The molecule has 0 unspecified atom stereocenters. The lowest BCUT2D eigenvalue weighted by molar-refractivity contribution is 0.0922. The van der Waals surface area contributed by atoms with Gasteiger partial charge in [-0.25, -0.2) is 4.98 Å². The molecule has 0 aliphatic heterocycles. The molecule has 0 saturated heterocycles. The Hall–Kier alpha value is -2.23. The number of nitrogens with one attached hydrogen (secondary N) is 1. The third-order valence-corrected chi connectivity index (χ3v) is 4.08. The van der Waals surface area contributed by atoms with Crippen molar-refractivity contribution in [2.45, 2.75) is 24.7 Å². The summed E-state index contributed by atoms with van der Waals surface area (Å²) in [5.41, 5.74) is 1.78. The zero-order valence-electron chi connectivity index (χ0n) is 11.2. The molecule has 2 aromatic rings. The third-order valence-electron chi connectivity index (χ3n) is 4.08. The van der Waals surface area contributed by atoms with E-state index < -0.39 is 0 Å². The fourth-order valence-electron chi connectivity index (χ4n) is 2.72. The Morgan fingerprint density at radius 3 is 2.60 bits per heavy atom. The molecule has 4 nitrogen and oxygen atoms in total. The van der Waals surface area contributed by atoms with Crippen molar-refractivity contribution >= 4 is 5.91 Å². The first-order chi connectivity index (χ1) is 9.80. The first kappa shape index (κ1) is 12.8. The molecule has 1 N–H and O–H groups in total. The molecule has 1 aromatic carbocycles. The second kappa shape index (κ2) is 5.41. The van der Waals surface area contributed by atoms with Crippen molar-refractivity contribution in [2.24, 2.45) is 0 Å². The van der Waals surface area contributed by atoms with Crippen molar-refractivity contribution in [3.05, 3.63) is 60.2 Å². The van der Waals surface area contributed by atoms with Gasteiger partial charge in [0.05, 0.1) is 6.20 Å². The Morgan fingerprint density at radius 2 is 2.00 bits per heavy atom. The molecule has 0 bridgehead atoms. The van der Waals surface area contributed by atoms with E-state index in [9.17, 15) is 4.79 Å². The standard InChI is InChI=1S/C16H17N3O/c20-15(14-11-17-9-10-18-14)19-12-16(7-4-8-16)13-5-2-1-3-6-13/h1-3,5-6,9-11H,4,7-8,12H2,(H,19,20). The third kappa shape index (κ3) is 2.41. The number of hydrogen-bond donors (Lipinski definition) is 1. The highest BCUT2D eigenvalue weighted by molar-refractivity contribution is 5.91. The van der Waals surface area contributed by atoms with Gasteiger partial charge in [-0.2, -0.15) is 0 Å². The highest BCUT2D eigenvalue weighted by Gasteiger charge is 2.38. The van der Waals surface area contributed by atoms with Crippen molar-refractivity contribution in [1.29, 1.82) is 0 Å². The van der Waals surface area contributed by atoms with E-state index in [4.69, 9.17) is 0 Å². The summed E-state index contributed by atoms with van der Waals surface area (Å²) in [5.74, 6) is -0.152. The van der Waals surface area contributed by atoms with Crippen molar-refractivity contribution in [1.82, 2.24) is 15.3 Å². The molecule has 1 aromatic heterocycles. The van der Waals surface area contributed by atoms with E-state index in [1.165, 1.54) is 24.4 Å². The molecule has 1 aliphatic carbocycles. The van der Waals surface area contributed by atoms with Crippen LogP contribution in [0.1, 0.15) is 35.3 Å². The zero-order valence-corrected chi connectivity index (χ0v) is 11.2. The molecule has 4 heteroatoms. The molecular formula is C16H17N3O. The van der Waals surface area contributed by atoms with E-state index >= 15 is 0 Å². The van der Waals surface area contributed by atoms with Crippen LogP contribution >= 0.6 is 0 Å². The van der Waals surface area contributed by atoms with Gasteiger partial charge in [-0.05, 0) is 18.4 Å². The lowest BCUT2D eigenvalue weighted by Gasteiger charge is -2.42. The van der Waals surface area contributed by atoms with Crippen LogP contribution in [-0.4, -0.2) is 22.4 Å². The number of hydrogen-bond acceptors (Lipinski definition) is 3. The van der Waals surface area contributed by atoms with Gasteiger partial charge in [0.2, 0.25) is 0 Å². The van der Waals surface area contributed by atoms with Gasteiger partial charge >= 0.3 is 0 Å². The SMILES string of the molecule is O=C(NCC1(c2ccccc2)CCC1)c1cnccn1. The Bertz CT molecular complexity index is 579. The maximum absolute atomic E-state index is 12.0. The minimum absolute atomic E-state index is 0.0964. The molecule has 3 rings (SSSR count). The van der Waals surface area contributed by atoms with Gasteiger partial charge in [0.25, 0.3) is 5.91 Å². The molecule has 0 atom stereocenters. The molecule has 102 valence electrons. The number of amides is 1. The topological polar surface area (TPSA) is 54.9 Å². The fourth-order valence-corrected chi connectivity index (χ4v) is 2.72. The zero-order chi connectivity index (χ0) is 13.8. The predicted molar refractivity (Wildman–Crippen MR) is 76.3 cm³/mol. The molecule has 20 heavy (non-hydrogen) atoms. The molecule has 1 aliphatic rings. The number of rotatable bonds is 4. The van der Waals surface area contributed by atoms with Crippen LogP contribution in [0.25, 0.3) is 0 Å². The summed E-state index contributed by atoms with van der Waals surface area (Å²) in [6, 6.07) is 10.4. The molecule has 1 saturated carbocycles. The minimum Gasteiger partial charge on any atom is -0.350 e. The van der Waals surface area contributed by atoms with E-state index in [2.05, 4.69) is 39.6 Å². The van der Waals surface area contributed by atoms with E-state index in [0.29, 0.717) is 12.2 Å². The van der Waals surface area contributed by atoms with E-state index in [0.717, 1.165) is 12.8 Å². The van der Waals surface area contributed by atoms with Crippen molar-refractivity contribution in [3.63, 3.8) is 0 Å². The van der Waals surface area contributed by atoms with Crippen LogP contribution in [0.2, 0.25) is 0 Å². The Balaban J connectivity index is 1.69. The van der Waals surface area contributed by atoms with Gasteiger partial charge in [0, 0.05) is 24.4 Å². The largest absolute Gasteiger partial charge is 0.350 e. The van der Waals surface area contributed by atoms with Crippen LogP contribution in [0.3, 0.4) is 0 Å². The van der Waals surface area contributed by atoms with Crippen LogP contribution < -0.4 is 5.32 Å². The van der Waals surface area contributed by atoms with Crippen LogP contribution in [0.5, 0.6) is 0 Å². The number of carbonyl (C=O) groups is 1. The van der Waals surface area contributed by atoms with E-state index in [1.54, 1.807) is 6.20 Å². The van der Waals surface area contributed by atoms with Gasteiger partial charge in [0.1, 0.15) is 5.69 Å². The smallest absolute Gasteiger partial charge is 0.271 e. The lowest BCUT2D eigenvalue weighted by atomic mass is 9.64. The maximum Gasteiger partial charge on any atom is 0.271 e. The van der Waals surface area contributed by atoms with Crippen molar-refractivity contribution in [3.8, 4) is 0 Å². The first-order valence-electron chi connectivity index (χ1n) is 6.90. The molecule has 0 spiro atoms. The average Bonchev–Trinajstić information content (AvgIpc) is 2.48. The number of aromatic nitrogens is 2. The Morgan fingerprint density at radius 1 is 1.20 bits per heavy atom. The van der Waals surface area contributed by atoms with Crippen molar-refractivity contribution < 1.29 is 4.79 Å². The monoisotopic (exact) mass is 267 g/mol. The molecule has 1 fully saturated rings. The summed E-state index contributed by atoms with van der Waals surface area (Å²) in [7, 11) is 0. The van der Waals surface area contributed by atoms with Gasteiger partial charge in [-0.3, -0.25) is 9.78 Å². The van der Waals surface area contributed by atoms with Gasteiger partial charge < -0.3 is 5.32 Å². The van der Waals surface area contributed by atoms with E-state index in [-0.39, 0.29) is 11.3 Å². The van der Waals surface area contributed by atoms with Crippen LogP contribution in [0.15, 0.2) is 48.9 Å². The minimum atomic E-state index is -0.152. The second-order valence-electron chi connectivity index (χ2n) is 5.27. The van der Waals surface area contributed by atoms with Gasteiger partial charge in [0.15, 0.2) is 0 Å². The molecular weight excluding hydrogens is 250 g/mol. The summed E-state index contributed by atoms with van der Waals surface area (Å²) < 4.78 is 0.